The predicted molar refractivity (Wildman–Crippen MR) is 97.3 cm³/mol. The maximum absolute atomic E-state index is 12.1. The van der Waals surface area contributed by atoms with Gasteiger partial charge in [-0.2, -0.15) is 0 Å². The second-order valence-electron chi connectivity index (χ2n) is 5.14. The molecular formula is C16H14N2O3S3. The molecule has 3 aromatic rings. The number of thiophene rings is 1. The monoisotopic (exact) mass is 378 g/mol. The van der Waals surface area contributed by atoms with E-state index < -0.39 is 9.84 Å². The van der Waals surface area contributed by atoms with Gasteiger partial charge in [0.15, 0.2) is 9.84 Å². The van der Waals surface area contributed by atoms with Crippen molar-refractivity contribution < 1.29 is 13.2 Å². The van der Waals surface area contributed by atoms with Crippen LogP contribution in [0.5, 0.6) is 0 Å². The SMILES string of the molecule is CS(=O)(=O)c1ccc(NC(=O)Cc2csc(-c3cccs3)n2)cc1. The van der Waals surface area contributed by atoms with Crippen LogP contribution in [-0.4, -0.2) is 25.6 Å². The molecule has 1 aromatic carbocycles. The van der Waals surface area contributed by atoms with Crippen molar-refractivity contribution in [2.75, 3.05) is 11.6 Å². The number of thiazole rings is 1. The Morgan fingerprint density at radius 1 is 1.17 bits per heavy atom. The second-order valence-corrected chi connectivity index (χ2v) is 8.96. The molecule has 5 nitrogen and oxygen atoms in total. The molecule has 8 heteroatoms. The van der Waals surface area contributed by atoms with Gasteiger partial charge in [-0.05, 0) is 35.7 Å². The van der Waals surface area contributed by atoms with Gasteiger partial charge in [-0.3, -0.25) is 4.79 Å². The summed E-state index contributed by atoms with van der Waals surface area (Å²) >= 11 is 3.13. The van der Waals surface area contributed by atoms with Crippen molar-refractivity contribution >= 4 is 44.1 Å². The average molecular weight is 379 g/mol. The van der Waals surface area contributed by atoms with Crippen molar-refractivity contribution in [1.29, 1.82) is 0 Å². The molecule has 24 heavy (non-hydrogen) atoms. The molecule has 2 heterocycles. The number of carbonyl (C=O) groups excluding carboxylic acids is 1. The summed E-state index contributed by atoms with van der Waals surface area (Å²) in [5.41, 5.74) is 1.27. The van der Waals surface area contributed by atoms with Gasteiger partial charge in [0.1, 0.15) is 5.01 Å². The number of aromatic nitrogens is 1. The van der Waals surface area contributed by atoms with Crippen LogP contribution in [0.25, 0.3) is 9.88 Å². The highest BCUT2D eigenvalue weighted by atomic mass is 32.2. The van der Waals surface area contributed by atoms with E-state index in [1.807, 2.05) is 22.9 Å². The molecule has 3 rings (SSSR count). The molecule has 0 unspecified atom stereocenters. The van der Waals surface area contributed by atoms with Gasteiger partial charge in [0.2, 0.25) is 5.91 Å². The van der Waals surface area contributed by atoms with Crippen molar-refractivity contribution in [2.45, 2.75) is 11.3 Å². The van der Waals surface area contributed by atoms with Gasteiger partial charge in [0.25, 0.3) is 0 Å². The van der Waals surface area contributed by atoms with Crippen LogP contribution in [0.3, 0.4) is 0 Å². The van der Waals surface area contributed by atoms with E-state index in [2.05, 4.69) is 10.3 Å². The number of carbonyl (C=O) groups is 1. The van der Waals surface area contributed by atoms with Gasteiger partial charge in [-0.15, -0.1) is 22.7 Å². The Morgan fingerprint density at radius 3 is 2.54 bits per heavy atom. The maximum Gasteiger partial charge on any atom is 0.230 e. The molecule has 0 fully saturated rings. The summed E-state index contributed by atoms with van der Waals surface area (Å²) in [6.45, 7) is 0. The number of hydrogen-bond donors (Lipinski definition) is 1. The van der Waals surface area contributed by atoms with Crippen LogP contribution in [0.2, 0.25) is 0 Å². The number of sulfone groups is 1. The van der Waals surface area contributed by atoms with Crippen LogP contribution in [0.15, 0.2) is 52.1 Å². The lowest BCUT2D eigenvalue weighted by molar-refractivity contribution is -0.115. The van der Waals surface area contributed by atoms with Gasteiger partial charge >= 0.3 is 0 Å². The van der Waals surface area contributed by atoms with Crippen LogP contribution in [-0.2, 0) is 21.1 Å². The van der Waals surface area contributed by atoms with Crippen molar-refractivity contribution in [3.05, 3.63) is 52.9 Å². The van der Waals surface area contributed by atoms with Gasteiger partial charge in [-0.1, -0.05) is 6.07 Å². The summed E-state index contributed by atoms with van der Waals surface area (Å²) in [4.78, 5) is 17.9. The summed E-state index contributed by atoms with van der Waals surface area (Å²) in [5, 5.41) is 7.52. The van der Waals surface area contributed by atoms with E-state index in [9.17, 15) is 13.2 Å². The van der Waals surface area contributed by atoms with Crippen LogP contribution in [0, 0.1) is 0 Å². The first-order valence-electron chi connectivity index (χ1n) is 7.00. The van der Waals surface area contributed by atoms with Crippen LogP contribution in [0.4, 0.5) is 5.69 Å². The van der Waals surface area contributed by atoms with Crippen LogP contribution >= 0.6 is 22.7 Å². The fraction of sp³-hybridized carbons (Fsp3) is 0.125. The van der Waals surface area contributed by atoms with Gasteiger partial charge in [-0.25, -0.2) is 13.4 Å². The van der Waals surface area contributed by atoms with E-state index >= 15 is 0 Å². The van der Waals surface area contributed by atoms with Gasteiger partial charge < -0.3 is 5.32 Å². The fourth-order valence-corrected chi connectivity index (χ4v) is 4.32. The zero-order valence-corrected chi connectivity index (χ0v) is 15.2. The Morgan fingerprint density at radius 2 is 1.92 bits per heavy atom. The van der Waals surface area contributed by atoms with Crippen molar-refractivity contribution in [3.63, 3.8) is 0 Å². The highest BCUT2D eigenvalue weighted by Crippen LogP contribution is 2.28. The smallest absolute Gasteiger partial charge is 0.230 e. The minimum absolute atomic E-state index is 0.176. The number of nitrogens with zero attached hydrogens (tertiary/aromatic N) is 1. The molecule has 0 atom stereocenters. The summed E-state index contributed by atoms with van der Waals surface area (Å²) in [7, 11) is -3.24. The lowest BCUT2D eigenvalue weighted by Gasteiger charge is -2.05. The minimum atomic E-state index is -3.24. The molecule has 124 valence electrons. The van der Waals surface area contributed by atoms with Crippen molar-refractivity contribution in [2.24, 2.45) is 0 Å². The molecule has 0 saturated heterocycles. The average Bonchev–Trinajstić information content (AvgIpc) is 3.17. The molecule has 2 aromatic heterocycles. The molecule has 0 aliphatic rings. The number of nitrogens with one attached hydrogen (secondary N) is 1. The first kappa shape index (κ1) is 16.8. The molecule has 1 N–H and O–H groups in total. The number of benzene rings is 1. The van der Waals surface area contributed by atoms with E-state index in [1.54, 1.807) is 23.5 Å². The molecular weight excluding hydrogens is 364 g/mol. The van der Waals surface area contributed by atoms with E-state index in [0.29, 0.717) is 11.4 Å². The van der Waals surface area contributed by atoms with E-state index in [1.165, 1.54) is 23.5 Å². The normalized spacial score (nSPS) is 11.4. The lowest BCUT2D eigenvalue weighted by atomic mass is 10.3. The first-order chi connectivity index (χ1) is 11.4. The fourth-order valence-electron chi connectivity index (χ4n) is 2.06. The van der Waals surface area contributed by atoms with Crippen molar-refractivity contribution in [3.8, 4) is 9.88 Å². The molecule has 1 amide bonds. The largest absolute Gasteiger partial charge is 0.326 e. The predicted octanol–water partition coefficient (Wildman–Crippen LogP) is 3.46. The highest BCUT2D eigenvalue weighted by molar-refractivity contribution is 7.90. The standard InChI is InChI=1S/C16H14N2O3S3/c1-24(20,21)13-6-4-11(5-7-13)17-15(19)9-12-10-23-16(18-12)14-3-2-8-22-14/h2-8,10H,9H2,1H3,(H,17,19). The first-order valence-corrected chi connectivity index (χ1v) is 10.6. The Labute approximate surface area is 147 Å². The third kappa shape index (κ3) is 4.08. The summed E-state index contributed by atoms with van der Waals surface area (Å²) in [6.07, 6.45) is 1.32. The van der Waals surface area contributed by atoms with Gasteiger partial charge in [0.05, 0.1) is 21.9 Å². The van der Waals surface area contributed by atoms with Crippen LogP contribution < -0.4 is 5.32 Å². The topological polar surface area (TPSA) is 76.1 Å². The molecule has 0 saturated carbocycles. The van der Waals surface area contributed by atoms with Gasteiger partial charge in [0, 0.05) is 17.3 Å². The van der Waals surface area contributed by atoms with Crippen molar-refractivity contribution in [1.82, 2.24) is 4.98 Å². The van der Waals surface area contributed by atoms with E-state index in [0.717, 1.165) is 16.1 Å². The third-order valence-electron chi connectivity index (χ3n) is 3.19. The molecule has 0 spiro atoms. The van der Waals surface area contributed by atoms with E-state index in [4.69, 9.17) is 0 Å². The molecule has 0 bridgehead atoms. The number of hydrogen-bond acceptors (Lipinski definition) is 6. The maximum atomic E-state index is 12.1. The quantitative estimate of drug-likeness (QED) is 0.738. The number of rotatable bonds is 5. The Bertz CT molecular complexity index is 943. The Balaban J connectivity index is 1.64. The second kappa shape index (κ2) is 6.84. The summed E-state index contributed by atoms with van der Waals surface area (Å²) in [6, 6.07) is 10.1. The Kier molecular flexibility index (Phi) is 4.79. The zero-order valence-electron chi connectivity index (χ0n) is 12.7. The minimum Gasteiger partial charge on any atom is -0.326 e. The van der Waals surface area contributed by atoms with Crippen LogP contribution in [0.1, 0.15) is 5.69 Å². The molecule has 0 radical (unpaired) electrons. The summed E-state index contributed by atoms with van der Waals surface area (Å²) < 4.78 is 22.8. The zero-order chi connectivity index (χ0) is 17.2. The number of anilines is 1. The molecule has 0 aliphatic heterocycles. The lowest BCUT2D eigenvalue weighted by Crippen LogP contribution is -2.14. The third-order valence-corrected chi connectivity index (χ3v) is 6.25. The highest BCUT2D eigenvalue weighted by Gasteiger charge is 2.11. The van der Waals surface area contributed by atoms with E-state index in [-0.39, 0.29) is 17.2 Å². The summed E-state index contributed by atoms with van der Waals surface area (Å²) in [5.74, 6) is -0.190. The number of amides is 1. The Hall–Kier alpha value is -2.03. The molecule has 0 aliphatic carbocycles.